The van der Waals surface area contributed by atoms with E-state index in [4.69, 9.17) is 4.74 Å². The number of likely N-dealkylation sites (tertiary alicyclic amines) is 1. The quantitative estimate of drug-likeness (QED) is 0.667. The Bertz CT molecular complexity index is 963. The molecule has 1 N–H and O–H groups in total. The molecule has 0 aliphatic carbocycles. The predicted molar refractivity (Wildman–Crippen MR) is 121 cm³/mol. The Hall–Kier alpha value is -2.57. The number of amides is 1. The Morgan fingerprint density at radius 2 is 1.84 bits per heavy atom. The number of hydrogen-bond acceptors (Lipinski definition) is 3. The molecule has 0 unspecified atom stereocenters. The summed E-state index contributed by atoms with van der Waals surface area (Å²) in [5.41, 5.74) is 2.40. The first-order valence-corrected chi connectivity index (χ1v) is 11.3. The van der Waals surface area contributed by atoms with Gasteiger partial charge in [-0.1, -0.05) is 30.3 Å². The van der Waals surface area contributed by atoms with Gasteiger partial charge in [-0.3, -0.25) is 9.69 Å². The molecule has 6 heteroatoms. The van der Waals surface area contributed by atoms with E-state index in [-0.39, 0.29) is 23.2 Å². The number of nitrogens with zero attached hydrogens (tertiary/aromatic N) is 1. The summed E-state index contributed by atoms with van der Waals surface area (Å²) in [4.78, 5) is 14.6. The van der Waals surface area contributed by atoms with Gasteiger partial charge < -0.3 is 10.1 Å². The fraction of sp³-hybridized carbons (Fsp3) is 0.423. The molecule has 1 amide bonds. The van der Waals surface area contributed by atoms with E-state index >= 15 is 0 Å². The van der Waals surface area contributed by atoms with Crippen molar-refractivity contribution in [2.24, 2.45) is 0 Å². The summed E-state index contributed by atoms with van der Waals surface area (Å²) >= 11 is 0. The van der Waals surface area contributed by atoms with Crippen LogP contribution >= 0.6 is 0 Å². The lowest BCUT2D eigenvalue weighted by Gasteiger charge is -2.39. The van der Waals surface area contributed by atoms with Gasteiger partial charge in [-0.05, 0) is 61.9 Å². The first kappa shape index (κ1) is 22.6. The van der Waals surface area contributed by atoms with Gasteiger partial charge in [0, 0.05) is 37.8 Å². The molecule has 2 aromatic rings. The fourth-order valence-corrected chi connectivity index (χ4v) is 4.66. The van der Waals surface area contributed by atoms with Crippen LogP contribution in [0.4, 0.5) is 8.78 Å². The van der Waals surface area contributed by atoms with Gasteiger partial charge in [-0.25, -0.2) is 8.78 Å². The second-order valence-electron chi connectivity index (χ2n) is 8.88. The lowest BCUT2D eigenvalue weighted by molar-refractivity contribution is -0.118. The van der Waals surface area contributed by atoms with Crippen LogP contribution in [-0.4, -0.2) is 42.1 Å². The largest absolute Gasteiger partial charge is 0.370 e. The maximum absolute atomic E-state index is 13.7. The van der Waals surface area contributed by atoms with Crippen molar-refractivity contribution >= 4 is 12.0 Å². The lowest BCUT2D eigenvalue weighted by Crippen LogP contribution is -2.44. The first-order chi connectivity index (χ1) is 15.4. The van der Waals surface area contributed by atoms with Gasteiger partial charge in [0.05, 0.1) is 11.7 Å². The van der Waals surface area contributed by atoms with Gasteiger partial charge in [-0.2, -0.15) is 0 Å². The number of halogens is 2. The van der Waals surface area contributed by atoms with Crippen molar-refractivity contribution in [2.75, 3.05) is 19.6 Å². The third-order valence-electron chi connectivity index (χ3n) is 6.67. The fourth-order valence-electron chi connectivity index (χ4n) is 4.66. The Morgan fingerprint density at radius 1 is 1.12 bits per heavy atom. The van der Waals surface area contributed by atoms with Gasteiger partial charge in [0.2, 0.25) is 5.91 Å². The highest BCUT2D eigenvalue weighted by atomic mass is 19.1. The average molecular weight is 441 g/mol. The SMILES string of the molecule is Cc1ccccc1CN1CCC2(CC[C@@H](CNC(=O)/C=C/c3c(F)cccc3F)O2)CC1. The van der Waals surface area contributed by atoms with Crippen LogP contribution in [0.25, 0.3) is 6.08 Å². The van der Waals surface area contributed by atoms with Crippen LogP contribution in [0.5, 0.6) is 0 Å². The summed E-state index contributed by atoms with van der Waals surface area (Å²) in [6, 6.07) is 12.1. The normalized spacial score (nSPS) is 20.8. The molecule has 0 aromatic heterocycles. The van der Waals surface area contributed by atoms with Crippen LogP contribution < -0.4 is 5.32 Å². The molecule has 2 saturated heterocycles. The molecule has 1 atom stereocenters. The van der Waals surface area contributed by atoms with E-state index < -0.39 is 11.6 Å². The molecule has 2 fully saturated rings. The van der Waals surface area contributed by atoms with Crippen LogP contribution in [0.1, 0.15) is 42.4 Å². The number of nitrogens with one attached hydrogen (secondary N) is 1. The predicted octanol–water partition coefficient (Wildman–Crippen LogP) is 4.62. The summed E-state index contributed by atoms with van der Waals surface area (Å²) < 4.78 is 33.7. The van der Waals surface area contributed by atoms with Crippen LogP contribution in [-0.2, 0) is 16.1 Å². The number of aryl methyl sites for hydroxylation is 1. The zero-order chi connectivity index (χ0) is 22.6. The number of piperidine rings is 1. The summed E-state index contributed by atoms with van der Waals surface area (Å²) in [6.45, 7) is 5.53. The van der Waals surface area contributed by atoms with Gasteiger partial charge >= 0.3 is 0 Å². The molecule has 4 rings (SSSR count). The maximum atomic E-state index is 13.7. The number of ether oxygens (including phenoxy) is 1. The molecule has 0 saturated carbocycles. The number of hydrogen-bond donors (Lipinski definition) is 1. The van der Waals surface area contributed by atoms with Crippen molar-refractivity contribution in [3.8, 4) is 0 Å². The number of carbonyl (C=O) groups excluding carboxylic acids is 1. The number of carbonyl (C=O) groups is 1. The van der Waals surface area contributed by atoms with Crippen LogP contribution in [0.3, 0.4) is 0 Å². The van der Waals surface area contributed by atoms with Crippen molar-refractivity contribution in [3.05, 3.63) is 76.9 Å². The molecular weight excluding hydrogens is 410 g/mol. The minimum atomic E-state index is -0.691. The van der Waals surface area contributed by atoms with E-state index in [9.17, 15) is 13.6 Å². The van der Waals surface area contributed by atoms with E-state index in [0.29, 0.717) is 6.54 Å². The molecule has 0 bridgehead atoms. The highest BCUT2D eigenvalue weighted by Gasteiger charge is 2.42. The molecule has 2 heterocycles. The van der Waals surface area contributed by atoms with Crippen LogP contribution in [0.15, 0.2) is 48.5 Å². The summed E-state index contributed by atoms with van der Waals surface area (Å²) in [5.74, 6) is -1.77. The van der Waals surface area contributed by atoms with Crippen molar-refractivity contribution in [1.29, 1.82) is 0 Å². The minimum Gasteiger partial charge on any atom is -0.370 e. The molecule has 170 valence electrons. The third kappa shape index (κ3) is 5.43. The first-order valence-electron chi connectivity index (χ1n) is 11.3. The molecule has 2 aromatic carbocycles. The Labute approximate surface area is 188 Å². The Balaban J connectivity index is 1.22. The second-order valence-corrected chi connectivity index (χ2v) is 8.88. The highest BCUT2D eigenvalue weighted by Crippen LogP contribution is 2.39. The van der Waals surface area contributed by atoms with Gasteiger partial charge in [0.1, 0.15) is 11.6 Å². The summed E-state index contributed by atoms with van der Waals surface area (Å²) in [7, 11) is 0. The minimum absolute atomic E-state index is 0.0273. The molecule has 0 radical (unpaired) electrons. The van der Waals surface area contributed by atoms with Crippen molar-refractivity contribution < 1.29 is 18.3 Å². The summed E-state index contributed by atoms with van der Waals surface area (Å²) in [6.07, 6.45) is 6.20. The van der Waals surface area contributed by atoms with Crippen molar-refractivity contribution in [2.45, 2.75) is 50.9 Å². The third-order valence-corrected chi connectivity index (χ3v) is 6.67. The highest BCUT2D eigenvalue weighted by molar-refractivity contribution is 5.91. The van der Waals surface area contributed by atoms with E-state index in [1.54, 1.807) is 0 Å². The van der Waals surface area contributed by atoms with Crippen molar-refractivity contribution in [3.63, 3.8) is 0 Å². The summed E-state index contributed by atoms with van der Waals surface area (Å²) in [5, 5.41) is 2.80. The zero-order valence-electron chi connectivity index (χ0n) is 18.4. The standard InChI is InChI=1S/C26H30F2N2O2/c1-19-5-2-3-6-20(19)18-30-15-13-26(14-16-30)12-11-21(32-26)17-29-25(31)10-9-22-23(27)7-4-8-24(22)28/h2-10,21H,11-18H2,1H3,(H,29,31)/b10-9+/t21-/m0/s1. The smallest absolute Gasteiger partial charge is 0.244 e. The Kier molecular flexibility index (Phi) is 7.01. The molecule has 4 nitrogen and oxygen atoms in total. The van der Waals surface area contributed by atoms with Gasteiger partial charge in [0.25, 0.3) is 0 Å². The second kappa shape index (κ2) is 9.92. The number of benzene rings is 2. The monoisotopic (exact) mass is 440 g/mol. The lowest BCUT2D eigenvalue weighted by atomic mass is 9.88. The van der Waals surface area contributed by atoms with E-state index in [0.717, 1.165) is 51.4 Å². The van der Waals surface area contributed by atoms with Crippen molar-refractivity contribution in [1.82, 2.24) is 10.2 Å². The molecule has 32 heavy (non-hydrogen) atoms. The van der Waals surface area contributed by atoms with Crippen LogP contribution in [0.2, 0.25) is 0 Å². The molecule has 2 aliphatic rings. The zero-order valence-corrected chi connectivity index (χ0v) is 18.4. The van der Waals surface area contributed by atoms with Gasteiger partial charge in [-0.15, -0.1) is 0 Å². The van der Waals surface area contributed by atoms with Crippen LogP contribution in [0, 0.1) is 18.6 Å². The van der Waals surface area contributed by atoms with E-state index in [1.807, 2.05) is 0 Å². The average Bonchev–Trinajstić information content (AvgIpc) is 3.18. The maximum Gasteiger partial charge on any atom is 0.244 e. The Morgan fingerprint density at radius 3 is 2.56 bits per heavy atom. The van der Waals surface area contributed by atoms with E-state index in [2.05, 4.69) is 41.4 Å². The molecule has 2 aliphatic heterocycles. The van der Waals surface area contributed by atoms with E-state index in [1.165, 1.54) is 35.4 Å². The topological polar surface area (TPSA) is 41.6 Å². The molecular formula is C26H30F2N2O2. The molecule has 1 spiro atoms. The van der Waals surface area contributed by atoms with Gasteiger partial charge in [0.15, 0.2) is 0 Å². The number of rotatable bonds is 6.